The highest BCUT2D eigenvalue weighted by molar-refractivity contribution is 5.83. The lowest BCUT2D eigenvalue weighted by molar-refractivity contribution is -0.237. The second-order valence-corrected chi connectivity index (χ2v) is 8.86. The zero-order chi connectivity index (χ0) is 21.8. The Labute approximate surface area is 179 Å². The van der Waals surface area contributed by atoms with Gasteiger partial charge in [0.1, 0.15) is 0 Å². The molecule has 1 amide bonds. The first kappa shape index (κ1) is 22.3. The predicted octanol–water partition coefficient (Wildman–Crippen LogP) is 5.08. The Morgan fingerprint density at radius 2 is 1.77 bits per heavy atom. The van der Waals surface area contributed by atoms with Crippen molar-refractivity contribution in [3.8, 4) is 0 Å². The normalized spacial score (nSPS) is 19.6. The number of rotatable bonds is 7. The molecule has 0 N–H and O–H groups in total. The molecule has 2 aliphatic carbocycles. The summed E-state index contributed by atoms with van der Waals surface area (Å²) in [5, 5.41) is 1.25. The van der Waals surface area contributed by atoms with Gasteiger partial charge in [0.2, 0.25) is 5.91 Å². The van der Waals surface area contributed by atoms with E-state index in [-0.39, 0.29) is 23.7 Å². The average molecular weight is 412 g/mol. The molecule has 0 radical (unpaired) electrons. The molecule has 5 heteroatoms. The fourth-order valence-electron chi connectivity index (χ4n) is 4.19. The highest BCUT2D eigenvalue weighted by Crippen LogP contribution is 2.41. The molecule has 0 unspecified atom stereocenters. The summed E-state index contributed by atoms with van der Waals surface area (Å²) in [6.45, 7) is 6.40. The number of carbonyl (C=O) groups excluding carboxylic acids is 2. The second-order valence-electron chi connectivity index (χ2n) is 8.86. The van der Waals surface area contributed by atoms with Gasteiger partial charge < -0.3 is 4.74 Å². The lowest BCUT2D eigenvalue weighted by Gasteiger charge is -2.34. The molecule has 1 fully saturated rings. The lowest BCUT2D eigenvalue weighted by atomic mass is 9.74. The predicted molar refractivity (Wildman–Crippen MR) is 117 cm³/mol. The monoisotopic (exact) mass is 411 g/mol. The van der Waals surface area contributed by atoms with E-state index in [0.29, 0.717) is 19.4 Å². The summed E-state index contributed by atoms with van der Waals surface area (Å²) in [7, 11) is 1.60. The van der Waals surface area contributed by atoms with Crippen LogP contribution in [0.25, 0.3) is 5.57 Å². The van der Waals surface area contributed by atoms with Crippen LogP contribution in [0, 0.1) is 5.41 Å². The smallest absolute Gasteiger partial charge is 0.341 e. The molecule has 0 heterocycles. The summed E-state index contributed by atoms with van der Waals surface area (Å²) in [4.78, 5) is 31.5. The van der Waals surface area contributed by atoms with E-state index in [1.807, 2.05) is 18.2 Å². The molecule has 0 aliphatic heterocycles. The van der Waals surface area contributed by atoms with Crippen molar-refractivity contribution in [3.63, 3.8) is 0 Å². The van der Waals surface area contributed by atoms with Crippen LogP contribution in [-0.2, 0) is 19.2 Å². The Hall–Kier alpha value is -2.40. The Balaban J connectivity index is 1.73. The zero-order valence-electron chi connectivity index (χ0n) is 18.6. The summed E-state index contributed by atoms with van der Waals surface area (Å²) in [5.74, 6) is -0.520. The molecule has 0 saturated heterocycles. The number of amides is 1. The Kier molecular flexibility index (Phi) is 6.81. The van der Waals surface area contributed by atoms with Crippen LogP contribution in [-0.4, -0.2) is 36.2 Å². The number of hydroxylamine groups is 2. The minimum atomic E-state index is -1.04. The molecule has 0 bridgehead atoms. The Morgan fingerprint density at radius 3 is 2.40 bits per heavy atom. The molecular weight excluding hydrogens is 378 g/mol. The third kappa shape index (κ3) is 4.84. The van der Waals surface area contributed by atoms with Crippen molar-refractivity contribution in [2.45, 2.75) is 64.9 Å². The van der Waals surface area contributed by atoms with E-state index in [1.165, 1.54) is 5.06 Å². The van der Waals surface area contributed by atoms with Gasteiger partial charge in [-0.05, 0) is 55.6 Å². The van der Waals surface area contributed by atoms with Crippen LogP contribution in [0.15, 0.2) is 48.1 Å². The number of esters is 1. The SMILES string of the molecule is CCOC(=O)C1(ON(C)C(=O)CC2=CC(c3ccccc3)=CCC2(C)C)CCCC1. The molecule has 1 aromatic carbocycles. The number of carbonyl (C=O) groups is 2. The third-order valence-electron chi connectivity index (χ3n) is 6.20. The van der Waals surface area contributed by atoms with Gasteiger partial charge in [-0.3, -0.25) is 9.63 Å². The third-order valence-corrected chi connectivity index (χ3v) is 6.20. The Morgan fingerprint density at radius 1 is 1.10 bits per heavy atom. The van der Waals surface area contributed by atoms with Crippen LogP contribution < -0.4 is 0 Å². The van der Waals surface area contributed by atoms with Gasteiger partial charge in [-0.2, -0.15) is 0 Å². The van der Waals surface area contributed by atoms with Gasteiger partial charge in [-0.25, -0.2) is 9.86 Å². The highest BCUT2D eigenvalue weighted by Gasteiger charge is 2.46. The minimum absolute atomic E-state index is 0.110. The molecule has 1 saturated carbocycles. The lowest BCUT2D eigenvalue weighted by Crippen LogP contribution is -2.46. The molecule has 0 aromatic heterocycles. The molecule has 3 rings (SSSR count). The van der Waals surface area contributed by atoms with Crippen LogP contribution in [0.5, 0.6) is 0 Å². The van der Waals surface area contributed by atoms with Crippen LogP contribution >= 0.6 is 0 Å². The first-order chi connectivity index (χ1) is 14.3. The molecule has 0 atom stereocenters. The van der Waals surface area contributed by atoms with E-state index in [9.17, 15) is 9.59 Å². The van der Waals surface area contributed by atoms with Gasteiger partial charge in [0.25, 0.3) is 0 Å². The largest absolute Gasteiger partial charge is 0.464 e. The van der Waals surface area contributed by atoms with Crippen LogP contribution in [0.1, 0.15) is 64.9 Å². The second kappa shape index (κ2) is 9.17. The van der Waals surface area contributed by atoms with Crippen molar-refractivity contribution < 1.29 is 19.2 Å². The van der Waals surface area contributed by atoms with E-state index in [0.717, 1.165) is 36.0 Å². The zero-order valence-corrected chi connectivity index (χ0v) is 18.6. The summed E-state index contributed by atoms with van der Waals surface area (Å²) in [5.41, 5.74) is 2.21. The van der Waals surface area contributed by atoms with E-state index in [1.54, 1.807) is 14.0 Å². The van der Waals surface area contributed by atoms with Crippen molar-refractivity contribution >= 4 is 17.4 Å². The standard InChI is InChI=1S/C25H33NO4/c1-5-29-23(28)25(14-9-10-15-25)30-26(4)22(27)18-21-17-20(13-16-24(21,2)3)19-11-7-6-8-12-19/h6-8,11-13,17H,5,9-10,14-16,18H2,1-4H3. The van der Waals surface area contributed by atoms with Crippen molar-refractivity contribution in [1.82, 2.24) is 5.06 Å². The minimum Gasteiger partial charge on any atom is -0.464 e. The summed E-state index contributed by atoms with van der Waals surface area (Å²) < 4.78 is 5.24. The fraction of sp³-hybridized carbons (Fsp3) is 0.520. The van der Waals surface area contributed by atoms with Crippen molar-refractivity contribution in [2.24, 2.45) is 5.41 Å². The van der Waals surface area contributed by atoms with E-state index >= 15 is 0 Å². The maximum absolute atomic E-state index is 13.0. The summed E-state index contributed by atoms with van der Waals surface area (Å²) in [6, 6.07) is 10.2. The van der Waals surface area contributed by atoms with E-state index in [2.05, 4.69) is 38.1 Å². The van der Waals surface area contributed by atoms with Crippen molar-refractivity contribution in [1.29, 1.82) is 0 Å². The van der Waals surface area contributed by atoms with Gasteiger partial charge in [0.05, 0.1) is 13.0 Å². The van der Waals surface area contributed by atoms with E-state index < -0.39 is 5.60 Å². The van der Waals surface area contributed by atoms with Gasteiger partial charge in [-0.15, -0.1) is 0 Å². The van der Waals surface area contributed by atoms with Gasteiger partial charge in [0, 0.05) is 7.05 Å². The molecule has 162 valence electrons. The quantitative estimate of drug-likeness (QED) is 0.464. The van der Waals surface area contributed by atoms with Crippen LogP contribution in [0.2, 0.25) is 0 Å². The number of nitrogens with zero attached hydrogens (tertiary/aromatic N) is 1. The van der Waals surface area contributed by atoms with Crippen LogP contribution in [0.4, 0.5) is 0 Å². The molecule has 5 nitrogen and oxygen atoms in total. The molecule has 2 aliphatic rings. The molecular formula is C25H33NO4. The number of allylic oxidation sites excluding steroid dienone is 3. The topological polar surface area (TPSA) is 55.8 Å². The van der Waals surface area contributed by atoms with Crippen molar-refractivity contribution in [3.05, 3.63) is 53.6 Å². The summed E-state index contributed by atoms with van der Waals surface area (Å²) >= 11 is 0. The molecule has 0 spiro atoms. The molecule has 1 aromatic rings. The first-order valence-electron chi connectivity index (χ1n) is 10.9. The highest BCUT2D eigenvalue weighted by atomic mass is 16.7. The fourth-order valence-corrected chi connectivity index (χ4v) is 4.19. The number of hydrogen-bond donors (Lipinski definition) is 0. The van der Waals surface area contributed by atoms with Crippen LogP contribution in [0.3, 0.4) is 0 Å². The average Bonchev–Trinajstić information content (AvgIpc) is 3.20. The van der Waals surface area contributed by atoms with Gasteiger partial charge in [0.15, 0.2) is 5.60 Å². The van der Waals surface area contributed by atoms with Gasteiger partial charge in [-0.1, -0.05) is 61.9 Å². The van der Waals surface area contributed by atoms with E-state index in [4.69, 9.17) is 9.57 Å². The summed E-state index contributed by atoms with van der Waals surface area (Å²) in [6.07, 6.45) is 8.44. The molecule has 30 heavy (non-hydrogen) atoms. The number of benzene rings is 1. The van der Waals surface area contributed by atoms with Gasteiger partial charge >= 0.3 is 5.97 Å². The maximum atomic E-state index is 13.0. The maximum Gasteiger partial charge on any atom is 0.341 e. The number of ether oxygens (including phenoxy) is 1. The van der Waals surface area contributed by atoms with Crippen molar-refractivity contribution in [2.75, 3.05) is 13.7 Å². The first-order valence-corrected chi connectivity index (χ1v) is 10.9. The Bertz CT molecular complexity index is 832. The number of hydrogen-bond acceptors (Lipinski definition) is 4.